The first kappa shape index (κ1) is 16.7. The third kappa shape index (κ3) is 4.97. The topological polar surface area (TPSA) is 18.5 Å². The highest BCUT2D eigenvalue weighted by Crippen LogP contribution is 2.43. The van der Waals surface area contributed by atoms with Gasteiger partial charge in [0.25, 0.3) is 0 Å². The summed E-state index contributed by atoms with van der Waals surface area (Å²) in [4.78, 5) is 0. The van der Waals surface area contributed by atoms with Crippen LogP contribution in [0.1, 0.15) is 53.4 Å². The molecule has 0 aromatic carbocycles. The van der Waals surface area contributed by atoms with E-state index in [9.17, 15) is 0 Å². The van der Waals surface area contributed by atoms with Crippen LogP contribution in [0, 0.1) is 11.3 Å². The van der Waals surface area contributed by atoms with Gasteiger partial charge in [0.05, 0.1) is 18.8 Å². The van der Waals surface area contributed by atoms with Crippen LogP contribution in [0.3, 0.4) is 0 Å². The Balaban J connectivity index is 2.40. The predicted molar refractivity (Wildman–Crippen MR) is 85.5 cm³/mol. The molecule has 0 aromatic rings. The summed E-state index contributed by atoms with van der Waals surface area (Å²) in [5.74, 6) is 0.851. The first-order chi connectivity index (χ1) is 8.43. The molecule has 3 heteroatoms. The zero-order chi connectivity index (χ0) is 13.6. The van der Waals surface area contributed by atoms with Gasteiger partial charge in [-0.2, -0.15) is 0 Å². The monoisotopic (exact) mass is 368 g/mol. The SMILES string of the molecule is CCOCCOC1(CI)CCC(C(C)(C)C)CC1. The summed E-state index contributed by atoms with van der Waals surface area (Å²) < 4.78 is 12.6. The van der Waals surface area contributed by atoms with Gasteiger partial charge < -0.3 is 9.47 Å². The quantitative estimate of drug-likeness (QED) is 0.392. The zero-order valence-corrected chi connectivity index (χ0v) is 14.6. The molecule has 0 amide bonds. The average Bonchev–Trinajstić information content (AvgIpc) is 2.34. The Kier molecular flexibility index (Phi) is 6.90. The highest BCUT2D eigenvalue weighted by atomic mass is 127. The van der Waals surface area contributed by atoms with Crippen LogP contribution in [0.4, 0.5) is 0 Å². The Labute approximate surface area is 126 Å². The lowest BCUT2D eigenvalue weighted by Gasteiger charge is -2.43. The first-order valence-corrected chi connectivity index (χ1v) is 8.74. The van der Waals surface area contributed by atoms with Crippen molar-refractivity contribution >= 4 is 22.6 Å². The molecule has 1 fully saturated rings. The summed E-state index contributed by atoms with van der Waals surface area (Å²) in [5.41, 5.74) is 0.572. The van der Waals surface area contributed by atoms with E-state index in [1.807, 2.05) is 6.92 Å². The van der Waals surface area contributed by atoms with Crippen molar-refractivity contribution in [1.29, 1.82) is 0 Å². The first-order valence-electron chi connectivity index (χ1n) is 7.21. The number of halogens is 1. The molecule has 0 bridgehead atoms. The van der Waals surface area contributed by atoms with E-state index < -0.39 is 0 Å². The molecule has 0 saturated heterocycles. The van der Waals surface area contributed by atoms with E-state index in [1.54, 1.807) is 0 Å². The fraction of sp³-hybridized carbons (Fsp3) is 1.00. The summed E-state index contributed by atoms with van der Waals surface area (Å²) in [5, 5.41) is 0. The van der Waals surface area contributed by atoms with Crippen molar-refractivity contribution in [2.75, 3.05) is 24.2 Å². The van der Waals surface area contributed by atoms with Gasteiger partial charge in [-0.25, -0.2) is 0 Å². The Morgan fingerprint density at radius 2 is 1.78 bits per heavy atom. The standard InChI is InChI=1S/C15H29IO2/c1-5-17-10-11-18-15(12-16)8-6-13(7-9-15)14(2,3)4/h13H,5-12H2,1-4H3. The summed E-state index contributed by atoms with van der Waals surface area (Å²) in [6.45, 7) is 11.4. The van der Waals surface area contributed by atoms with E-state index in [4.69, 9.17) is 9.47 Å². The van der Waals surface area contributed by atoms with Gasteiger partial charge in [-0.05, 0) is 43.9 Å². The van der Waals surface area contributed by atoms with Gasteiger partial charge in [0.15, 0.2) is 0 Å². The normalized spacial score (nSPS) is 29.5. The molecule has 2 nitrogen and oxygen atoms in total. The van der Waals surface area contributed by atoms with Crippen molar-refractivity contribution in [3.63, 3.8) is 0 Å². The number of hydrogen-bond acceptors (Lipinski definition) is 2. The minimum absolute atomic E-state index is 0.124. The third-order valence-corrected chi connectivity index (χ3v) is 5.60. The molecule has 0 aliphatic heterocycles. The maximum atomic E-state index is 6.15. The van der Waals surface area contributed by atoms with Crippen molar-refractivity contribution in [3.8, 4) is 0 Å². The molecule has 18 heavy (non-hydrogen) atoms. The van der Waals surface area contributed by atoms with E-state index in [-0.39, 0.29) is 5.60 Å². The van der Waals surface area contributed by atoms with E-state index in [2.05, 4.69) is 43.4 Å². The van der Waals surface area contributed by atoms with E-state index in [1.165, 1.54) is 25.7 Å². The van der Waals surface area contributed by atoms with Crippen molar-refractivity contribution in [3.05, 3.63) is 0 Å². The molecule has 1 aliphatic carbocycles. The van der Waals surface area contributed by atoms with Crippen LogP contribution >= 0.6 is 22.6 Å². The number of rotatable bonds is 6. The fourth-order valence-electron chi connectivity index (χ4n) is 2.79. The maximum absolute atomic E-state index is 6.15. The number of alkyl halides is 1. The third-order valence-electron chi connectivity index (χ3n) is 4.21. The minimum Gasteiger partial charge on any atom is -0.379 e. The van der Waals surface area contributed by atoms with Crippen LogP contribution < -0.4 is 0 Å². The second kappa shape index (κ2) is 7.44. The van der Waals surface area contributed by atoms with Gasteiger partial charge in [0.1, 0.15) is 0 Å². The lowest BCUT2D eigenvalue weighted by atomic mass is 9.69. The molecule has 1 aliphatic rings. The smallest absolute Gasteiger partial charge is 0.0772 e. The summed E-state index contributed by atoms with van der Waals surface area (Å²) in [6, 6.07) is 0. The van der Waals surface area contributed by atoms with Crippen LogP contribution in [0.25, 0.3) is 0 Å². The molecule has 108 valence electrons. The van der Waals surface area contributed by atoms with Crippen molar-refractivity contribution in [1.82, 2.24) is 0 Å². The van der Waals surface area contributed by atoms with Gasteiger partial charge >= 0.3 is 0 Å². The van der Waals surface area contributed by atoms with Crippen LogP contribution in [-0.2, 0) is 9.47 Å². The zero-order valence-electron chi connectivity index (χ0n) is 12.4. The van der Waals surface area contributed by atoms with Crippen molar-refractivity contribution in [2.45, 2.75) is 59.0 Å². The molecule has 1 rings (SSSR count). The van der Waals surface area contributed by atoms with Crippen molar-refractivity contribution < 1.29 is 9.47 Å². The van der Waals surface area contributed by atoms with Crippen molar-refractivity contribution in [2.24, 2.45) is 11.3 Å². The Hall–Kier alpha value is 0.650. The minimum atomic E-state index is 0.124. The molecule has 0 aromatic heterocycles. The fourth-order valence-corrected chi connectivity index (χ4v) is 3.77. The van der Waals surface area contributed by atoms with E-state index in [0.29, 0.717) is 5.41 Å². The molecule has 0 radical (unpaired) electrons. The highest BCUT2D eigenvalue weighted by molar-refractivity contribution is 14.1. The highest BCUT2D eigenvalue weighted by Gasteiger charge is 2.38. The molecule has 0 atom stereocenters. The van der Waals surface area contributed by atoms with Gasteiger partial charge in [0, 0.05) is 11.0 Å². The summed E-state index contributed by atoms with van der Waals surface area (Å²) >= 11 is 2.48. The van der Waals surface area contributed by atoms with Gasteiger partial charge in [-0.15, -0.1) is 0 Å². The van der Waals surface area contributed by atoms with Gasteiger partial charge in [0.2, 0.25) is 0 Å². The molecular weight excluding hydrogens is 339 g/mol. The van der Waals surface area contributed by atoms with Gasteiger partial charge in [-0.1, -0.05) is 43.4 Å². The maximum Gasteiger partial charge on any atom is 0.0772 e. The second-order valence-corrected chi connectivity index (χ2v) is 7.27. The second-order valence-electron chi connectivity index (χ2n) is 6.50. The van der Waals surface area contributed by atoms with Crippen LogP contribution in [0.5, 0.6) is 0 Å². The van der Waals surface area contributed by atoms with Crippen LogP contribution in [0.15, 0.2) is 0 Å². The Morgan fingerprint density at radius 1 is 1.17 bits per heavy atom. The molecule has 0 unspecified atom stereocenters. The molecular formula is C15H29IO2. The summed E-state index contributed by atoms with van der Waals surface area (Å²) in [7, 11) is 0. The van der Waals surface area contributed by atoms with Crippen LogP contribution in [-0.4, -0.2) is 29.8 Å². The lowest BCUT2D eigenvalue weighted by molar-refractivity contribution is -0.0837. The largest absolute Gasteiger partial charge is 0.379 e. The Morgan fingerprint density at radius 3 is 2.22 bits per heavy atom. The molecule has 1 saturated carbocycles. The number of hydrogen-bond donors (Lipinski definition) is 0. The predicted octanol–water partition coefficient (Wildman–Crippen LogP) is 4.45. The van der Waals surface area contributed by atoms with E-state index >= 15 is 0 Å². The van der Waals surface area contributed by atoms with Crippen LogP contribution in [0.2, 0.25) is 0 Å². The van der Waals surface area contributed by atoms with Gasteiger partial charge in [-0.3, -0.25) is 0 Å². The lowest BCUT2D eigenvalue weighted by Crippen LogP contribution is -2.42. The average molecular weight is 368 g/mol. The molecule has 0 heterocycles. The molecule has 0 N–H and O–H groups in total. The number of ether oxygens (including phenoxy) is 2. The van der Waals surface area contributed by atoms with E-state index in [0.717, 1.165) is 30.2 Å². The Bertz CT molecular complexity index is 227. The summed E-state index contributed by atoms with van der Waals surface area (Å²) in [6.07, 6.45) is 5.04. The molecule has 0 spiro atoms.